The summed E-state index contributed by atoms with van der Waals surface area (Å²) in [6, 6.07) is 7.72. The van der Waals surface area contributed by atoms with Crippen LogP contribution >= 0.6 is 0 Å². The Labute approximate surface area is 214 Å². The van der Waals surface area contributed by atoms with Gasteiger partial charge in [0.25, 0.3) is 0 Å². The van der Waals surface area contributed by atoms with Crippen LogP contribution in [0.1, 0.15) is 36.1 Å². The predicted molar refractivity (Wildman–Crippen MR) is 124 cm³/mol. The van der Waals surface area contributed by atoms with Gasteiger partial charge in [-0.3, -0.25) is 9.78 Å². The Bertz CT molecular complexity index is 1180. The van der Waals surface area contributed by atoms with Gasteiger partial charge in [-0.25, -0.2) is 4.79 Å². The number of hydrogen-bond donors (Lipinski definition) is 2. The van der Waals surface area contributed by atoms with E-state index in [1.54, 1.807) is 13.0 Å². The van der Waals surface area contributed by atoms with E-state index in [0.717, 1.165) is 24.8 Å². The summed E-state index contributed by atoms with van der Waals surface area (Å²) in [5.41, 5.74) is -2.42. The molecule has 2 amide bonds. The van der Waals surface area contributed by atoms with Crippen molar-refractivity contribution < 1.29 is 45.4 Å². The van der Waals surface area contributed by atoms with E-state index in [2.05, 4.69) is 20.4 Å². The number of hydrogen-bond acceptors (Lipinski definition) is 5. The number of aryl methyl sites for hydroxylation is 1. The van der Waals surface area contributed by atoms with E-state index < -0.39 is 49.3 Å². The highest BCUT2D eigenvalue weighted by atomic mass is 19.4. The minimum absolute atomic E-state index is 0.0186. The molecule has 0 unspecified atom stereocenters. The highest BCUT2D eigenvalue weighted by molar-refractivity contribution is 6.04. The average molecular weight is 545 g/mol. The minimum Gasteiger partial charge on any atom is -0.494 e. The van der Waals surface area contributed by atoms with Crippen LogP contribution in [0.15, 0.2) is 48.2 Å². The van der Waals surface area contributed by atoms with Crippen LogP contribution in [0.5, 0.6) is 5.75 Å². The lowest BCUT2D eigenvalue weighted by Gasteiger charge is -2.41. The van der Waals surface area contributed by atoms with Crippen molar-refractivity contribution >= 4 is 17.6 Å². The lowest BCUT2D eigenvalue weighted by molar-refractivity contribution is -0.201. The second kappa shape index (κ2) is 11.3. The Kier molecular flexibility index (Phi) is 8.58. The predicted octanol–water partition coefficient (Wildman–Crippen LogP) is 5.20. The van der Waals surface area contributed by atoms with Gasteiger partial charge >= 0.3 is 18.4 Å². The molecule has 1 aliphatic rings. The molecule has 1 atom stereocenters. The Balaban J connectivity index is 1.97. The lowest BCUT2D eigenvalue weighted by Crippen LogP contribution is -2.59. The summed E-state index contributed by atoms with van der Waals surface area (Å²) in [5.74, 6) is -0.982. The van der Waals surface area contributed by atoms with Crippen LogP contribution in [0.4, 0.5) is 31.1 Å². The van der Waals surface area contributed by atoms with E-state index in [9.17, 15) is 35.9 Å². The van der Waals surface area contributed by atoms with Gasteiger partial charge in [-0.1, -0.05) is 18.2 Å². The molecule has 0 aliphatic carbocycles. The molecular formula is C25H25F6N3O4. The van der Waals surface area contributed by atoms with Crippen molar-refractivity contribution in [2.24, 2.45) is 0 Å². The number of aromatic nitrogens is 1. The number of pyridine rings is 1. The average Bonchev–Trinajstić information content (AvgIpc) is 2.85. The van der Waals surface area contributed by atoms with Crippen LogP contribution in [0.25, 0.3) is 5.57 Å². The van der Waals surface area contributed by atoms with Gasteiger partial charge < -0.3 is 20.1 Å². The summed E-state index contributed by atoms with van der Waals surface area (Å²) >= 11 is 0. The number of benzene rings is 1. The molecule has 1 aromatic carbocycles. The van der Waals surface area contributed by atoms with Gasteiger partial charge in [-0.2, -0.15) is 26.3 Å². The smallest absolute Gasteiger partial charge is 0.416 e. The molecule has 2 N–H and O–H groups in total. The number of methoxy groups -OCH3 is 1. The number of ether oxygens (including phenoxy) is 2. The van der Waals surface area contributed by atoms with Crippen molar-refractivity contribution in [2.45, 2.75) is 44.1 Å². The first-order valence-electron chi connectivity index (χ1n) is 11.4. The van der Waals surface area contributed by atoms with Crippen molar-refractivity contribution in [1.82, 2.24) is 15.6 Å². The van der Waals surface area contributed by atoms with Gasteiger partial charge in [0.1, 0.15) is 5.75 Å². The third-order valence-electron chi connectivity index (χ3n) is 5.93. The van der Waals surface area contributed by atoms with Crippen LogP contribution in [-0.4, -0.2) is 49.6 Å². The first-order valence-corrected chi connectivity index (χ1v) is 11.4. The molecule has 2 heterocycles. The Hall–Kier alpha value is -3.77. The topological polar surface area (TPSA) is 89.6 Å². The maximum atomic E-state index is 14.7. The molecule has 1 aromatic heterocycles. The molecule has 1 aliphatic heterocycles. The van der Waals surface area contributed by atoms with Crippen LogP contribution in [0, 0.1) is 6.92 Å². The van der Waals surface area contributed by atoms with E-state index >= 15 is 0 Å². The first kappa shape index (κ1) is 28.8. The molecule has 206 valence electrons. The maximum Gasteiger partial charge on any atom is 0.416 e. The van der Waals surface area contributed by atoms with Crippen LogP contribution < -0.4 is 15.4 Å². The molecule has 0 radical (unpaired) electrons. The number of nitrogens with zero attached hydrogens (tertiary/aromatic N) is 1. The van der Waals surface area contributed by atoms with Gasteiger partial charge in [0.2, 0.25) is 5.91 Å². The number of alkyl carbamates (subject to hydrolysis) is 1. The van der Waals surface area contributed by atoms with Gasteiger partial charge in [0, 0.05) is 24.6 Å². The zero-order chi connectivity index (χ0) is 28.1. The molecule has 13 heteroatoms. The van der Waals surface area contributed by atoms with E-state index in [4.69, 9.17) is 4.74 Å². The monoisotopic (exact) mass is 545 g/mol. The molecule has 0 saturated carbocycles. The van der Waals surface area contributed by atoms with Gasteiger partial charge in [-0.05, 0) is 48.2 Å². The highest BCUT2D eigenvalue weighted by Gasteiger charge is 2.59. The molecule has 0 fully saturated rings. The second-order valence-electron chi connectivity index (χ2n) is 8.65. The zero-order valence-electron chi connectivity index (χ0n) is 20.4. The fourth-order valence-corrected chi connectivity index (χ4v) is 3.94. The lowest BCUT2D eigenvalue weighted by atomic mass is 9.77. The summed E-state index contributed by atoms with van der Waals surface area (Å²) in [6.45, 7) is 1.07. The molecule has 38 heavy (non-hydrogen) atoms. The largest absolute Gasteiger partial charge is 0.494 e. The molecule has 0 bridgehead atoms. The molecule has 7 nitrogen and oxygen atoms in total. The zero-order valence-corrected chi connectivity index (χ0v) is 20.4. The number of carbonyl (C=O) groups excluding carboxylic acids is 2. The number of carbonyl (C=O) groups is 2. The van der Waals surface area contributed by atoms with Crippen LogP contribution in [0.3, 0.4) is 0 Å². The second-order valence-corrected chi connectivity index (χ2v) is 8.65. The van der Waals surface area contributed by atoms with E-state index in [1.807, 2.05) is 0 Å². The van der Waals surface area contributed by atoms with Gasteiger partial charge in [-0.15, -0.1) is 0 Å². The van der Waals surface area contributed by atoms with E-state index in [0.29, 0.717) is 0 Å². The van der Waals surface area contributed by atoms with E-state index in [-0.39, 0.29) is 41.2 Å². The van der Waals surface area contributed by atoms with Crippen LogP contribution in [0.2, 0.25) is 0 Å². The number of halogens is 6. The quantitative estimate of drug-likeness (QED) is 0.352. The van der Waals surface area contributed by atoms with Crippen molar-refractivity contribution in [3.05, 3.63) is 65.0 Å². The number of nitrogens with one attached hydrogen (secondary N) is 2. The summed E-state index contributed by atoms with van der Waals surface area (Å²) in [4.78, 5) is 28.9. The third kappa shape index (κ3) is 6.75. The number of rotatable bonds is 8. The molecule has 0 spiro atoms. The van der Waals surface area contributed by atoms with Crippen molar-refractivity contribution in [2.75, 3.05) is 20.3 Å². The summed E-state index contributed by atoms with van der Waals surface area (Å²) in [6.07, 6.45) is -10.8. The molecular weight excluding hydrogens is 520 g/mol. The standard InChI is InChI=1S/C25H25F6N3O4/c1-15-4-9-20(32-13-15)18-12-23(25(29,30)31,34-21(35)19(18)14-33-22(36)37-2)16-5-7-17(8-6-16)38-11-3-10-24(26,27)28/h4-9,13H,3,10-12,14H2,1-2H3,(H,33,36)(H,34,35)/t23-/m0/s1. The number of amides is 2. The fraction of sp³-hybridized carbons (Fsp3) is 0.400. The minimum atomic E-state index is -4.96. The van der Waals surface area contributed by atoms with Gasteiger partial charge in [0.05, 0.1) is 26.0 Å². The first-order chi connectivity index (χ1) is 17.8. The Morgan fingerprint density at radius 3 is 2.34 bits per heavy atom. The normalized spacial score (nSPS) is 18.2. The SMILES string of the molecule is COC(=O)NCC1=C(c2ccc(C)cn2)C[C@](c2ccc(OCCCC(F)(F)F)cc2)(C(F)(F)F)NC1=O. The van der Waals surface area contributed by atoms with Crippen molar-refractivity contribution in [1.29, 1.82) is 0 Å². The van der Waals surface area contributed by atoms with Crippen LogP contribution in [-0.2, 0) is 15.1 Å². The highest BCUT2D eigenvalue weighted by Crippen LogP contribution is 2.48. The maximum absolute atomic E-state index is 14.7. The summed E-state index contributed by atoms with van der Waals surface area (Å²) < 4.78 is 90.7. The summed E-state index contributed by atoms with van der Waals surface area (Å²) in [5, 5.41) is 4.38. The van der Waals surface area contributed by atoms with E-state index in [1.165, 1.54) is 24.4 Å². The number of alkyl halides is 6. The summed E-state index contributed by atoms with van der Waals surface area (Å²) in [7, 11) is 1.10. The molecule has 0 saturated heterocycles. The third-order valence-corrected chi connectivity index (χ3v) is 5.93. The van der Waals surface area contributed by atoms with Crippen molar-refractivity contribution in [3.63, 3.8) is 0 Å². The Morgan fingerprint density at radius 1 is 1.11 bits per heavy atom. The molecule has 2 aromatic rings. The molecule has 3 rings (SSSR count). The fourth-order valence-electron chi connectivity index (χ4n) is 3.94. The Morgan fingerprint density at radius 2 is 1.79 bits per heavy atom. The van der Waals surface area contributed by atoms with Crippen molar-refractivity contribution in [3.8, 4) is 5.75 Å². The van der Waals surface area contributed by atoms with Gasteiger partial charge in [0.15, 0.2) is 5.54 Å².